The summed E-state index contributed by atoms with van der Waals surface area (Å²) in [4.78, 5) is 5.48. The minimum absolute atomic E-state index is 0.790. The number of aromatic nitrogens is 3. The highest BCUT2D eigenvalue weighted by Crippen LogP contribution is 2.31. The molecule has 0 spiro atoms. The number of furan rings is 1. The van der Waals surface area contributed by atoms with E-state index in [0.29, 0.717) is 0 Å². The molecule has 0 atom stereocenters. The van der Waals surface area contributed by atoms with Gasteiger partial charge >= 0.3 is 0 Å². The van der Waals surface area contributed by atoms with Crippen LogP contribution in [0.15, 0.2) is 39.2 Å². The molecular formula is C14H11N3OS2. The summed E-state index contributed by atoms with van der Waals surface area (Å²) in [7, 11) is 0. The Morgan fingerprint density at radius 2 is 2.25 bits per heavy atom. The highest BCUT2D eigenvalue weighted by Gasteiger charge is 2.13. The highest BCUT2D eigenvalue weighted by atomic mass is 32.2. The van der Waals surface area contributed by atoms with Crippen LogP contribution in [-0.2, 0) is 0 Å². The molecule has 0 N–H and O–H groups in total. The number of rotatable bonds is 2. The highest BCUT2D eigenvalue weighted by molar-refractivity contribution is 8.00. The fourth-order valence-electron chi connectivity index (χ4n) is 2.22. The normalized spacial score (nSPS) is 11.7. The Morgan fingerprint density at radius 1 is 1.35 bits per heavy atom. The van der Waals surface area contributed by atoms with Crippen molar-refractivity contribution >= 4 is 39.0 Å². The summed E-state index contributed by atoms with van der Waals surface area (Å²) >= 11 is 3.21. The number of thioether (sulfide) groups is 1. The van der Waals surface area contributed by atoms with Crippen LogP contribution in [0.2, 0.25) is 0 Å². The van der Waals surface area contributed by atoms with Crippen molar-refractivity contribution < 1.29 is 4.42 Å². The minimum atomic E-state index is 0.790. The SMILES string of the molecule is CSc1nn2cc(-c3cc4cccc(C)c4o3)nc2s1. The lowest BCUT2D eigenvalue weighted by atomic mass is 10.2. The largest absolute Gasteiger partial charge is 0.454 e. The van der Waals surface area contributed by atoms with Gasteiger partial charge in [0.15, 0.2) is 10.1 Å². The van der Waals surface area contributed by atoms with E-state index in [0.717, 1.165) is 37.3 Å². The molecule has 1 aromatic carbocycles. The third kappa shape index (κ3) is 1.76. The molecule has 0 amide bonds. The molecule has 3 heterocycles. The van der Waals surface area contributed by atoms with Gasteiger partial charge in [0.1, 0.15) is 11.3 Å². The molecule has 100 valence electrons. The maximum atomic E-state index is 5.94. The Morgan fingerprint density at radius 3 is 3.00 bits per heavy atom. The van der Waals surface area contributed by atoms with Crippen molar-refractivity contribution in [2.24, 2.45) is 0 Å². The molecular weight excluding hydrogens is 290 g/mol. The fraction of sp³-hybridized carbons (Fsp3) is 0.143. The molecule has 0 bridgehead atoms. The average molecular weight is 301 g/mol. The molecule has 4 nitrogen and oxygen atoms in total. The molecule has 4 rings (SSSR count). The van der Waals surface area contributed by atoms with E-state index in [2.05, 4.69) is 16.1 Å². The van der Waals surface area contributed by atoms with E-state index in [1.54, 1.807) is 23.1 Å². The molecule has 0 aliphatic heterocycles. The summed E-state index contributed by atoms with van der Waals surface area (Å²) in [6.07, 6.45) is 3.93. The first kappa shape index (κ1) is 12.0. The van der Waals surface area contributed by atoms with Gasteiger partial charge < -0.3 is 4.42 Å². The number of hydrogen-bond donors (Lipinski definition) is 0. The van der Waals surface area contributed by atoms with E-state index >= 15 is 0 Å². The number of imidazole rings is 1. The van der Waals surface area contributed by atoms with E-state index in [-0.39, 0.29) is 0 Å². The molecule has 0 aliphatic carbocycles. The lowest BCUT2D eigenvalue weighted by Crippen LogP contribution is -1.79. The number of para-hydroxylation sites is 1. The third-order valence-corrected chi connectivity index (χ3v) is 5.09. The Hall–Kier alpha value is -1.79. The molecule has 0 aliphatic rings. The lowest BCUT2D eigenvalue weighted by Gasteiger charge is -1.92. The third-order valence-electron chi connectivity index (χ3n) is 3.19. The van der Waals surface area contributed by atoms with Gasteiger partial charge in [-0.05, 0) is 24.8 Å². The zero-order valence-electron chi connectivity index (χ0n) is 11.0. The number of nitrogens with zero attached hydrogens (tertiary/aromatic N) is 3. The second kappa shape index (κ2) is 4.36. The van der Waals surface area contributed by atoms with Crippen molar-refractivity contribution in [1.82, 2.24) is 14.6 Å². The molecule has 6 heteroatoms. The van der Waals surface area contributed by atoms with Crippen molar-refractivity contribution in [2.45, 2.75) is 11.3 Å². The van der Waals surface area contributed by atoms with Gasteiger partial charge in [0.05, 0.1) is 6.20 Å². The summed E-state index contributed by atoms with van der Waals surface area (Å²) in [5, 5.41) is 5.55. The Kier molecular flexibility index (Phi) is 2.61. The topological polar surface area (TPSA) is 43.3 Å². The minimum Gasteiger partial charge on any atom is -0.454 e. The monoisotopic (exact) mass is 301 g/mol. The summed E-state index contributed by atoms with van der Waals surface area (Å²) in [5.74, 6) is 0.790. The van der Waals surface area contributed by atoms with Crippen LogP contribution < -0.4 is 0 Å². The van der Waals surface area contributed by atoms with Crippen LogP contribution in [0.5, 0.6) is 0 Å². The molecule has 4 aromatic rings. The molecule has 0 saturated carbocycles. The van der Waals surface area contributed by atoms with Gasteiger partial charge in [-0.25, -0.2) is 9.50 Å². The van der Waals surface area contributed by atoms with Gasteiger partial charge in [-0.15, -0.1) is 5.10 Å². The Bertz CT molecular complexity index is 888. The number of fused-ring (bicyclic) bond motifs is 2. The van der Waals surface area contributed by atoms with Gasteiger partial charge in [0, 0.05) is 5.39 Å². The maximum absolute atomic E-state index is 5.94. The van der Waals surface area contributed by atoms with Crippen LogP contribution in [-0.4, -0.2) is 20.9 Å². The van der Waals surface area contributed by atoms with Crippen molar-refractivity contribution in [3.8, 4) is 11.5 Å². The predicted molar refractivity (Wildman–Crippen MR) is 82.6 cm³/mol. The number of aryl methyl sites for hydroxylation is 1. The van der Waals surface area contributed by atoms with Gasteiger partial charge in [-0.2, -0.15) is 0 Å². The zero-order valence-corrected chi connectivity index (χ0v) is 12.6. The number of benzene rings is 1. The van der Waals surface area contributed by atoms with Crippen LogP contribution in [0.4, 0.5) is 0 Å². The predicted octanol–water partition coefficient (Wildman–Crippen LogP) is 4.23. The van der Waals surface area contributed by atoms with Crippen molar-refractivity contribution in [2.75, 3.05) is 6.26 Å². The molecule has 0 fully saturated rings. The first-order chi connectivity index (χ1) is 9.74. The second-order valence-electron chi connectivity index (χ2n) is 4.53. The van der Waals surface area contributed by atoms with Gasteiger partial charge in [-0.1, -0.05) is 41.3 Å². The first-order valence-electron chi connectivity index (χ1n) is 6.14. The summed E-state index contributed by atoms with van der Waals surface area (Å²) < 4.78 is 8.76. The molecule has 0 unspecified atom stereocenters. The Balaban J connectivity index is 1.87. The summed E-state index contributed by atoms with van der Waals surface area (Å²) in [6.45, 7) is 2.05. The summed E-state index contributed by atoms with van der Waals surface area (Å²) in [5.41, 5.74) is 2.89. The average Bonchev–Trinajstić information content (AvgIpc) is 3.09. The van der Waals surface area contributed by atoms with Crippen molar-refractivity contribution in [3.63, 3.8) is 0 Å². The van der Waals surface area contributed by atoms with Gasteiger partial charge in [-0.3, -0.25) is 0 Å². The maximum Gasteiger partial charge on any atom is 0.213 e. The van der Waals surface area contributed by atoms with Gasteiger partial charge in [0.25, 0.3) is 0 Å². The van der Waals surface area contributed by atoms with Crippen LogP contribution in [0.1, 0.15) is 5.56 Å². The van der Waals surface area contributed by atoms with Crippen LogP contribution in [0.3, 0.4) is 0 Å². The fourth-order valence-corrected chi connectivity index (χ4v) is 3.56. The standard InChI is InChI=1S/C14H11N3OS2/c1-8-4-3-5-9-6-11(18-12(8)9)10-7-17-13(15-10)20-14(16-17)19-2/h3-7H,1-2H3. The number of hydrogen-bond acceptors (Lipinski definition) is 5. The lowest BCUT2D eigenvalue weighted by molar-refractivity contribution is 0.626. The van der Waals surface area contributed by atoms with E-state index < -0.39 is 0 Å². The van der Waals surface area contributed by atoms with Crippen LogP contribution >= 0.6 is 23.1 Å². The van der Waals surface area contributed by atoms with Gasteiger partial charge in [0.2, 0.25) is 4.96 Å². The zero-order chi connectivity index (χ0) is 13.7. The molecule has 20 heavy (non-hydrogen) atoms. The molecule has 3 aromatic heterocycles. The second-order valence-corrected chi connectivity index (χ2v) is 6.54. The quantitative estimate of drug-likeness (QED) is 0.520. The molecule has 0 saturated heterocycles. The van der Waals surface area contributed by atoms with E-state index in [9.17, 15) is 0 Å². The van der Waals surface area contributed by atoms with Crippen LogP contribution in [0, 0.1) is 6.92 Å². The summed E-state index contributed by atoms with van der Waals surface area (Å²) in [6, 6.07) is 8.17. The first-order valence-corrected chi connectivity index (χ1v) is 8.18. The van der Waals surface area contributed by atoms with E-state index in [1.165, 1.54) is 0 Å². The van der Waals surface area contributed by atoms with Crippen molar-refractivity contribution in [3.05, 3.63) is 36.0 Å². The Labute approximate surface area is 123 Å². The van der Waals surface area contributed by atoms with Crippen molar-refractivity contribution in [1.29, 1.82) is 0 Å². The smallest absolute Gasteiger partial charge is 0.213 e. The van der Waals surface area contributed by atoms with Crippen LogP contribution in [0.25, 0.3) is 27.4 Å². The van der Waals surface area contributed by atoms with E-state index in [4.69, 9.17) is 4.42 Å². The molecule has 0 radical (unpaired) electrons. The van der Waals surface area contributed by atoms with E-state index in [1.807, 2.05) is 42.1 Å².